The molecule has 1 unspecified atom stereocenters. The van der Waals surface area contributed by atoms with Crippen LogP contribution < -0.4 is 0 Å². The Bertz CT molecular complexity index is 375. The standard InChI is InChI=1S/C12H18F3N3O2/c1-16-2-4-17(5-3-16)9-6-18(7-9)10(8-19)11(20)12(13,14)15/h8-10H,2-7H2,1H3. The van der Waals surface area contributed by atoms with Gasteiger partial charge in [-0.25, -0.2) is 0 Å². The van der Waals surface area contributed by atoms with Crippen molar-refractivity contribution in [3.05, 3.63) is 0 Å². The highest BCUT2D eigenvalue weighted by molar-refractivity contribution is 6.00. The monoisotopic (exact) mass is 293 g/mol. The number of ketones is 1. The number of Topliss-reactive ketones (excluding diaryl/α,β-unsaturated/α-hetero) is 1. The van der Waals surface area contributed by atoms with Gasteiger partial charge >= 0.3 is 6.18 Å². The molecule has 1 atom stereocenters. The summed E-state index contributed by atoms with van der Waals surface area (Å²) in [4.78, 5) is 27.6. The van der Waals surface area contributed by atoms with E-state index in [2.05, 4.69) is 9.80 Å². The van der Waals surface area contributed by atoms with Crippen molar-refractivity contribution in [3.63, 3.8) is 0 Å². The second-order valence-electron chi connectivity index (χ2n) is 5.39. The first kappa shape index (κ1) is 15.4. The van der Waals surface area contributed by atoms with E-state index in [1.807, 2.05) is 7.05 Å². The minimum absolute atomic E-state index is 0.0933. The third-order valence-corrected chi connectivity index (χ3v) is 4.02. The lowest BCUT2D eigenvalue weighted by atomic mass is 10.0. The van der Waals surface area contributed by atoms with Crippen LogP contribution in [-0.4, -0.2) is 91.3 Å². The molecule has 2 rings (SSSR count). The topological polar surface area (TPSA) is 43.9 Å². The first-order valence-electron chi connectivity index (χ1n) is 6.56. The molecule has 2 aliphatic rings. The Labute approximate surface area is 115 Å². The van der Waals surface area contributed by atoms with Gasteiger partial charge in [-0.2, -0.15) is 13.2 Å². The molecule has 0 spiro atoms. The van der Waals surface area contributed by atoms with Crippen LogP contribution in [0.2, 0.25) is 0 Å². The molecule has 0 aliphatic carbocycles. The fourth-order valence-corrected chi connectivity index (χ4v) is 2.61. The zero-order valence-corrected chi connectivity index (χ0v) is 11.3. The number of nitrogens with zero attached hydrogens (tertiary/aromatic N) is 3. The Morgan fingerprint density at radius 1 is 1.20 bits per heavy atom. The Morgan fingerprint density at radius 3 is 2.20 bits per heavy atom. The maximum atomic E-state index is 12.4. The van der Waals surface area contributed by atoms with Gasteiger partial charge in [0.15, 0.2) is 0 Å². The highest BCUT2D eigenvalue weighted by Gasteiger charge is 2.48. The van der Waals surface area contributed by atoms with Crippen LogP contribution in [0.3, 0.4) is 0 Å². The van der Waals surface area contributed by atoms with Crippen LogP contribution in [0.1, 0.15) is 0 Å². The molecule has 2 aliphatic heterocycles. The number of carbonyl (C=O) groups is 2. The van der Waals surface area contributed by atoms with Crippen molar-refractivity contribution >= 4 is 12.1 Å². The molecule has 0 bridgehead atoms. The van der Waals surface area contributed by atoms with Crippen LogP contribution in [0.15, 0.2) is 0 Å². The Morgan fingerprint density at radius 2 is 1.75 bits per heavy atom. The maximum absolute atomic E-state index is 12.4. The average Bonchev–Trinajstić information content (AvgIpc) is 2.33. The van der Waals surface area contributed by atoms with Crippen LogP contribution in [0, 0.1) is 0 Å². The van der Waals surface area contributed by atoms with Gasteiger partial charge in [0.05, 0.1) is 0 Å². The molecule has 0 aromatic rings. The van der Waals surface area contributed by atoms with E-state index in [9.17, 15) is 22.8 Å². The summed E-state index contributed by atoms with van der Waals surface area (Å²) in [5.41, 5.74) is 0. The Hall–Kier alpha value is -0.990. The van der Waals surface area contributed by atoms with E-state index in [1.54, 1.807) is 0 Å². The van der Waals surface area contributed by atoms with Crippen molar-refractivity contribution in [1.82, 2.24) is 14.7 Å². The van der Waals surface area contributed by atoms with E-state index in [0.29, 0.717) is 13.1 Å². The smallest absolute Gasteiger partial charge is 0.304 e. The molecule has 2 heterocycles. The minimum Gasteiger partial charge on any atom is -0.304 e. The molecule has 0 aromatic carbocycles. The third kappa shape index (κ3) is 3.18. The maximum Gasteiger partial charge on any atom is 0.452 e. The lowest BCUT2D eigenvalue weighted by Gasteiger charge is -2.49. The molecule has 0 aromatic heterocycles. The molecule has 2 saturated heterocycles. The number of likely N-dealkylation sites (tertiary alicyclic amines) is 1. The van der Waals surface area contributed by atoms with E-state index < -0.39 is 18.0 Å². The summed E-state index contributed by atoms with van der Waals surface area (Å²) in [6.45, 7) is 4.27. The van der Waals surface area contributed by atoms with E-state index >= 15 is 0 Å². The predicted octanol–water partition coefficient (Wildman–Crippen LogP) is -0.383. The zero-order chi connectivity index (χ0) is 14.9. The Balaban J connectivity index is 1.85. The summed E-state index contributed by atoms with van der Waals surface area (Å²) in [5.74, 6) is -1.97. The van der Waals surface area contributed by atoms with Crippen LogP contribution >= 0.6 is 0 Å². The molecule has 20 heavy (non-hydrogen) atoms. The number of likely N-dealkylation sites (N-methyl/N-ethyl adjacent to an activating group) is 1. The van der Waals surface area contributed by atoms with Crippen molar-refractivity contribution in [2.45, 2.75) is 18.3 Å². The van der Waals surface area contributed by atoms with E-state index in [1.165, 1.54) is 4.90 Å². The Kier molecular flexibility index (Phi) is 4.46. The highest BCUT2D eigenvalue weighted by atomic mass is 19.4. The molecule has 2 fully saturated rings. The van der Waals surface area contributed by atoms with Gasteiger partial charge in [0.25, 0.3) is 5.78 Å². The number of piperazine rings is 1. The summed E-state index contributed by atoms with van der Waals surface area (Å²) in [7, 11) is 2.02. The summed E-state index contributed by atoms with van der Waals surface area (Å²) >= 11 is 0. The van der Waals surface area contributed by atoms with Gasteiger partial charge in [0.1, 0.15) is 12.3 Å². The van der Waals surface area contributed by atoms with Crippen LogP contribution in [-0.2, 0) is 9.59 Å². The van der Waals surface area contributed by atoms with E-state index in [0.717, 1.165) is 26.2 Å². The minimum atomic E-state index is -4.95. The number of halogens is 3. The summed E-state index contributed by atoms with van der Waals surface area (Å²) in [6, 6.07) is -1.54. The van der Waals surface area contributed by atoms with Gasteiger partial charge in [-0.15, -0.1) is 0 Å². The molecule has 114 valence electrons. The normalized spacial score (nSPS) is 25.2. The van der Waals surface area contributed by atoms with Crippen LogP contribution in [0.5, 0.6) is 0 Å². The van der Waals surface area contributed by atoms with Crippen molar-refractivity contribution in [2.24, 2.45) is 0 Å². The molecule has 0 amide bonds. The molecule has 0 N–H and O–H groups in total. The number of aldehydes is 1. The first-order chi connectivity index (χ1) is 9.32. The quantitative estimate of drug-likeness (QED) is 0.522. The van der Waals surface area contributed by atoms with E-state index in [4.69, 9.17) is 0 Å². The van der Waals surface area contributed by atoms with Crippen molar-refractivity contribution < 1.29 is 22.8 Å². The third-order valence-electron chi connectivity index (χ3n) is 4.02. The molecule has 5 nitrogen and oxygen atoms in total. The highest BCUT2D eigenvalue weighted by Crippen LogP contribution is 2.24. The number of hydrogen-bond acceptors (Lipinski definition) is 5. The average molecular weight is 293 g/mol. The van der Waals surface area contributed by atoms with Gasteiger partial charge in [-0.3, -0.25) is 14.6 Å². The predicted molar refractivity (Wildman–Crippen MR) is 65.3 cm³/mol. The number of rotatable bonds is 4. The SMILES string of the molecule is CN1CCN(C2CN(C(C=O)C(=O)C(F)(F)F)C2)CC1. The first-order valence-corrected chi connectivity index (χ1v) is 6.56. The van der Waals surface area contributed by atoms with Crippen molar-refractivity contribution in [1.29, 1.82) is 0 Å². The number of hydrogen-bond donors (Lipinski definition) is 0. The number of carbonyl (C=O) groups excluding carboxylic acids is 2. The largest absolute Gasteiger partial charge is 0.452 e. The summed E-state index contributed by atoms with van der Waals surface area (Å²) < 4.78 is 37.1. The van der Waals surface area contributed by atoms with Gasteiger partial charge in [-0.05, 0) is 7.05 Å². The lowest BCUT2D eigenvalue weighted by molar-refractivity contribution is -0.179. The van der Waals surface area contributed by atoms with Gasteiger partial charge in [0, 0.05) is 45.3 Å². The van der Waals surface area contributed by atoms with Crippen molar-refractivity contribution in [2.75, 3.05) is 46.3 Å². The molecule has 0 radical (unpaired) electrons. The molecule has 8 heteroatoms. The van der Waals surface area contributed by atoms with Crippen molar-refractivity contribution in [3.8, 4) is 0 Å². The summed E-state index contributed by atoms with van der Waals surface area (Å²) in [6.07, 6.45) is -4.86. The molecular formula is C12H18F3N3O2. The second kappa shape index (κ2) is 5.79. The van der Waals surface area contributed by atoms with Gasteiger partial charge in [0.2, 0.25) is 0 Å². The van der Waals surface area contributed by atoms with Crippen LogP contribution in [0.4, 0.5) is 13.2 Å². The van der Waals surface area contributed by atoms with Crippen LogP contribution in [0.25, 0.3) is 0 Å². The lowest BCUT2D eigenvalue weighted by Crippen LogP contribution is -2.67. The number of alkyl halides is 3. The zero-order valence-electron chi connectivity index (χ0n) is 11.3. The van der Waals surface area contributed by atoms with E-state index in [-0.39, 0.29) is 12.3 Å². The molecular weight excluding hydrogens is 275 g/mol. The van der Waals surface area contributed by atoms with Gasteiger partial charge < -0.3 is 9.69 Å². The molecule has 0 saturated carbocycles. The van der Waals surface area contributed by atoms with Gasteiger partial charge in [-0.1, -0.05) is 0 Å². The fraction of sp³-hybridized carbons (Fsp3) is 0.833. The second-order valence-corrected chi connectivity index (χ2v) is 5.39. The summed E-state index contributed by atoms with van der Waals surface area (Å²) in [5, 5.41) is 0. The fourth-order valence-electron chi connectivity index (χ4n) is 2.61.